The first-order chi connectivity index (χ1) is 7.97. The molecule has 0 amide bonds. The first kappa shape index (κ1) is 12.2. The minimum absolute atomic E-state index is 0.0761. The van der Waals surface area contributed by atoms with Crippen LogP contribution in [0.15, 0.2) is 28.5 Å². The topological polar surface area (TPSA) is 54.5 Å². The third-order valence-electron chi connectivity index (χ3n) is 1.73. The molecular formula is C8H4ClF3N4S. The Morgan fingerprint density at radius 3 is 2.59 bits per heavy atom. The van der Waals surface area contributed by atoms with E-state index in [-0.39, 0.29) is 10.0 Å². The van der Waals surface area contributed by atoms with Gasteiger partial charge in [0, 0.05) is 6.20 Å². The molecule has 0 aromatic carbocycles. The molecule has 0 aliphatic carbocycles. The molecule has 2 heterocycles. The van der Waals surface area contributed by atoms with Gasteiger partial charge in [-0.15, -0.1) is 5.10 Å². The fourth-order valence-electron chi connectivity index (χ4n) is 0.995. The van der Waals surface area contributed by atoms with E-state index in [2.05, 4.69) is 20.4 Å². The second-order valence-electron chi connectivity index (χ2n) is 2.92. The zero-order valence-electron chi connectivity index (χ0n) is 7.99. The van der Waals surface area contributed by atoms with Gasteiger partial charge in [0.1, 0.15) is 10.1 Å². The smallest absolute Gasteiger partial charge is 0.247 e. The standard InChI is InChI=1S/C8H4ClF3N4S/c9-5-1-4(8(10,11)12)2-13-7(5)17-6-3-14-16-15-6/h1-3H,(H,14,15,16). The van der Waals surface area contributed by atoms with Crippen LogP contribution in [0.5, 0.6) is 0 Å². The van der Waals surface area contributed by atoms with Gasteiger partial charge in [0.25, 0.3) is 0 Å². The van der Waals surface area contributed by atoms with Crippen LogP contribution in [-0.4, -0.2) is 20.4 Å². The van der Waals surface area contributed by atoms with E-state index in [9.17, 15) is 13.2 Å². The largest absolute Gasteiger partial charge is 0.417 e. The van der Waals surface area contributed by atoms with Gasteiger partial charge >= 0.3 is 6.18 Å². The summed E-state index contributed by atoms with van der Waals surface area (Å²) in [5, 5.41) is 10.3. The summed E-state index contributed by atoms with van der Waals surface area (Å²) < 4.78 is 37.0. The molecule has 0 aliphatic rings. The van der Waals surface area contributed by atoms with Crippen molar-refractivity contribution in [1.29, 1.82) is 0 Å². The van der Waals surface area contributed by atoms with Crippen molar-refractivity contribution in [3.05, 3.63) is 29.0 Å². The van der Waals surface area contributed by atoms with E-state index < -0.39 is 11.7 Å². The zero-order chi connectivity index (χ0) is 12.5. The number of nitrogens with one attached hydrogen (secondary N) is 1. The Balaban J connectivity index is 2.26. The Hall–Kier alpha value is -1.28. The van der Waals surface area contributed by atoms with E-state index in [1.807, 2.05) is 0 Å². The lowest BCUT2D eigenvalue weighted by atomic mass is 10.3. The van der Waals surface area contributed by atoms with Crippen LogP contribution in [-0.2, 0) is 6.18 Å². The highest BCUT2D eigenvalue weighted by Gasteiger charge is 2.31. The van der Waals surface area contributed by atoms with Crippen molar-refractivity contribution in [1.82, 2.24) is 20.4 Å². The molecule has 0 saturated carbocycles. The average molecular weight is 281 g/mol. The number of pyridine rings is 1. The van der Waals surface area contributed by atoms with Crippen LogP contribution in [0.3, 0.4) is 0 Å². The molecule has 4 nitrogen and oxygen atoms in total. The van der Waals surface area contributed by atoms with Crippen LogP contribution in [0, 0.1) is 0 Å². The molecular weight excluding hydrogens is 277 g/mol. The summed E-state index contributed by atoms with van der Waals surface area (Å²) in [5.41, 5.74) is -0.882. The quantitative estimate of drug-likeness (QED) is 0.919. The summed E-state index contributed by atoms with van der Waals surface area (Å²) in [5.74, 6) is 0. The molecule has 9 heteroatoms. The highest BCUT2D eigenvalue weighted by atomic mass is 35.5. The SMILES string of the molecule is FC(F)(F)c1cnc(Sc2cn[nH]n2)c(Cl)c1. The number of hydrogen-bond donors (Lipinski definition) is 1. The van der Waals surface area contributed by atoms with Crippen LogP contribution in [0.4, 0.5) is 13.2 Å². The van der Waals surface area contributed by atoms with Gasteiger partial charge in [-0.2, -0.15) is 23.5 Å². The maximum absolute atomic E-state index is 12.3. The predicted molar refractivity (Wildman–Crippen MR) is 54.8 cm³/mol. The molecule has 0 aliphatic heterocycles. The fourth-order valence-corrected chi connectivity index (χ4v) is 1.93. The van der Waals surface area contributed by atoms with Crippen molar-refractivity contribution in [3.8, 4) is 0 Å². The van der Waals surface area contributed by atoms with Gasteiger partial charge in [0.2, 0.25) is 0 Å². The summed E-state index contributed by atoms with van der Waals surface area (Å²) in [6, 6.07) is 0.830. The summed E-state index contributed by atoms with van der Waals surface area (Å²) in [6.45, 7) is 0. The van der Waals surface area contributed by atoms with Crippen molar-refractivity contribution in [2.24, 2.45) is 0 Å². The second-order valence-corrected chi connectivity index (χ2v) is 4.34. The number of halogens is 4. The van der Waals surface area contributed by atoms with Crippen molar-refractivity contribution < 1.29 is 13.2 Å². The molecule has 1 N–H and O–H groups in total. The third-order valence-corrected chi connectivity index (χ3v) is 3.05. The molecule has 0 spiro atoms. The zero-order valence-corrected chi connectivity index (χ0v) is 9.57. The summed E-state index contributed by atoms with van der Waals surface area (Å²) in [7, 11) is 0. The Kier molecular flexibility index (Phi) is 3.25. The number of H-pyrrole nitrogens is 1. The number of hydrogen-bond acceptors (Lipinski definition) is 4. The van der Waals surface area contributed by atoms with Gasteiger partial charge in [0.05, 0.1) is 16.8 Å². The van der Waals surface area contributed by atoms with E-state index in [1.165, 1.54) is 6.20 Å². The lowest BCUT2D eigenvalue weighted by Gasteiger charge is -2.07. The highest BCUT2D eigenvalue weighted by Crippen LogP contribution is 2.35. The number of nitrogens with zero attached hydrogens (tertiary/aromatic N) is 3. The molecule has 0 bridgehead atoms. The Labute approximate surface area is 103 Å². The first-order valence-corrected chi connectivity index (χ1v) is 5.42. The number of rotatable bonds is 2. The molecule has 2 aromatic rings. The molecule has 17 heavy (non-hydrogen) atoms. The van der Waals surface area contributed by atoms with Crippen LogP contribution < -0.4 is 0 Å². The highest BCUT2D eigenvalue weighted by molar-refractivity contribution is 7.99. The van der Waals surface area contributed by atoms with Gasteiger partial charge in [-0.05, 0) is 17.8 Å². The minimum atomic E-state index is -4.45. The Bertz CT molecular complexity index is 514. The summed E-state index contributed by atoms with van der Waals surface area (Å²) in [4.78, 5) is 3.65. The summed E-state index contributed by atoms with van der Waals surface area (Å²) in [6.07, 6.45) is -2.30. The van der Waals surface area contributed by atoms with Crippen LogP contribution in [0.2, 0.25) is 5.02 Å². The normalized spacial score (nSPS) is 11.8. The van der Waals surface area contributed by atoms with E-state index in [4.69, 9.17) is 11.6 Å². The lowest BCUT2D eigenvalue weighted by Crippen LogP contribution is -2.05. The van der Waals surface area contributed by atoms with Gasteiger partial charge in [0.15, 0.2) is 0 Å². The third kappa shape index (κ3) is 2.89. The average Bonchev–Trinajstić information content (AvgIpc) is 2.72. The molecule has 0 atom stereocenters. The van der Waals surface area contributed by atoms with E-state index >= 15 is 0 Å². The molecule has 2 rings (SSSR count). The van der Waals surface area contributed by atoms with Gasteiger partial charge in [-0.3, -0.25) is 0 Å². The maximum Gasteiger partial charge on any atom is 0.417 e. The van der Waals surface area contributed by atoms with Gasteiger partial charge < -0.3 is 0 Å². The molecule has 90 valence electrons. The van der Waals surface area contributed by atoms with Crippen molar-refractivity contribution >= 4 is 23.4 Å². The van der Waals surface area contributed by atoms with Crippen LogP contribution in [0.25, 0.3) is 0 Å². The van der Waals surface area contributed by atoms with E-state index in [0.717, 1.165) is 24.0 Å². The minimum Gasteiger partial charge on any atom is -0.247 e. The molecule has 0 radical (unpaired) electrons. The van der Waals surface area contributed by atoms with Gasteiger partial charge in [-0.1, -0.05) is 11.6 Å². The van der Waals surface area contributed by atoms with Gasteiger partial charge in [-0.25, -0.2) is 4.98 Å². The predicted octanol–water partition coefficient (Wildman–Crippen LogP) is 3.02. The van der Waals surface area contributed by atoms with Crippen LogP contribution in [0.1, 0.15) is 5.56 Å². The molecule has 0 unspecified atom stereocenters. The van der Waals surface area contributed by atoms with E-state index in [0.29, 0.717) is 5.03 Å². The van der Waals surface area contributed by atoms with E-state index in [1.54, 1.807) is 0 Å². The first-order valence-electron chi connectivity index (χ1n) is 4.23. The van der Waals surface area contributed by atoms with Crippen molar-refractivity contribution in [2.75, 3.05) is 0 Å². The lowest BCUT2D eigenvalue weighted by molar-refractivity contribution is -0.137. The van der Waals surface area contributed by atoms with Crippen molar-refractivity contribution in [3.63, 3.8) is 0 Å². The number of aromatic amines is 1. The number of aromatic nitrogens is 4. The Morgan fingerprint density at radius 2 is 2.06 bits per heavy atom. The molecule has 0 saturated heterocycles. The summed E-state index contributed by atoms with van der Waals surface area (Å²) >= 11 is 6.74. The second kappa shape index (κ2) is 4.53. The monoisotopic (exact) mass is 280 g/mol. The van der Waals surface area contributed by atoms with Crippen LogP contribution >= 0.6 is 23.4 Å². The van der Waals surface area contributed by atoms with Crippen molar-refractivity contribution in [2.45, 2.75) is 16.2 Å². The fraction of sp³-hybridized carbons (Fsp3) is 0.125. The number of alkyl halides is 3. The molecule has 0 fully saturated rings. The molecule has 2 aromatic heterocycles. The maximum atomic E-state index is 12.3. The Morgan fingerprint density at radius 1 is 1.29 bits per heavy atom.